The van der Waals surface area contributed by atoms with Gasteiger partial charge in [-0.15, -0.1) is 0 Å². The highest BCUT2D eigenvalue weighted by Gasteiger charge is 2.21. The van der Waals surface area contributed by atoms with E-state index in [1.165, 1.54) is 0 Å². The lowest BCUT2D eigenvalue weighted by Crippen LogP contribution is -2.27. The molecule has 0 spiro atoms. The van der Waals surface area contributed by atoms with Crippen LogP contribution in [0, 0.1) is 5.41 Å². The molecule has 0 aliphatic rings. The largest absolute Gasteiger partial charge is 0.323 e. The minimum Gasteiger partial charge on any atom is -0.323 e. The van der Waals surface area contributed by atoms with Crippen LogP contribution in [-0.4, -0.2) is 10.9 Å². The van der Waals surface area contributed by atoms with Crippen molar-refractivity contribution in [3.8, 4) is 0 Å². The van der Waals surface area contributed by atoms with Gasteiger partial charge in [0.1, 0.15) is 9.21 Å². The predicted octanol–water partition coefficient (Wildman–Crippen LogP) is 3.59. The van der Waals surface area contributed by atoms with Crippen molar-refractivity contribution >= 4 is 43.5 Å². The summed E-state index contributed by atoms with van der Waals surface area (Å²) in [5.74, 6) is -0.0349. The molecule has 1 aromatic rings. The summed E-state index contributed by atoms with van der Waals surface area (Å²) in [7, 11) is 0. The molecule has 5 heteroatoms. The zero-order valence-electron chi connectivity index (χ0n) is 8.77. The lowest BCUT2D eigenvalue weighted by molar-refractivity contribution is -0.123. The molecule has 0 aliphatic carbocycles. The van der Waals surface area contributed by atoms with Gasteiger partial charge in [-0.25, -0.2) is 4.98 Å². The summed E-state index contributed by atoms with van der Waals surface area (Å²) in [5.41, 5.74) is 0.269. The van der Waals surface area contributed by atoms with Crippen LogP contribution in [-0.2, 0) is 4.79 Å². The third kappa shape index (κ3) is 3.57. The van der Waals surface area contributed by atoms with E-state index in [9.17, 15) is 4.79 Å². The lowest BCUT2D eigenvalue weighted by atomic mass is 9.96. The fourth-order valence-corrected chi connectivity index (χ4v) is 1.78. The topological polar surface area (TPSA) is 42.0 Å². The van der Waals surface area contributed by atoms with Crippen LogP contribution in [0.4, 0.5) is 5.69 Å². The van der Waals surface area contributed by atoms with Gasteiger partial charge in [0.2, 0.25) is 5.91 Å². The van der Waals surface area contributed by atoms with Crippen LogP contribution in [0.2, 0.25) is 0 Å². The van der Waals surface area contributed by atoms with Gasteiger partial charge in [0.25, 0.3) is 0 Å². The molecule has 0 radical (unpaired) electrons. The second kappa shape index (κ2) is 4.61. The first-order chi connectivity index (χ1) is 6.80. The SMILES string of the molecule is CC(C)(C)C(=O)Nc1ccc(Br)nc1Br. The molecule has 0 bridgehead atoms. The van der Waals surface area contributed by atoms with E-state index >= 15 is 0 Å². The summed E-state index contributed by atoms with van der Waals surface area (Å²) >= 11 is 6.53. The van der Waals surface area contributed by atoms with Crippen LogP contribution in [0.3, 0.4) is 0 Å². The third-order valence-corrected chi connectivity index (χ3v) is 2.79. The second-order valence-corrected chi connectivity index (χ2v) is 5.74. The summed E-state index contributed by atoms with van der Waals surface area (Å²) in [4.78, 5) is 15.8. The molecular weight excluding hydrogens is 324 g/mol. The van der Waals surface area contributed by atoms with Crippen LogP contribution in [0.25, 0.3) is 0 Å². The van der Waals surface area contributed by atoms with Crippen molar-refractivity contribution in [2.75, 3.05) is 5.32 Å². The van der Waals surface area contributed by atoms with Crippen LogP contribution >= 0.6 is 31.9 Å². The van der Waals surface area contributed by atoms with Crippen molar-refractivity contribution in [1.29, 1.82) is 0 Å². The minimum absolute atomic E-state index is 0.0349. The van der Waals surface area contributed by atoms with Gasteiger partial charge in [-0.05, 0) is 44.0 Å². The highest BCUT2D eigenvalue weighted by Crippen LogP contribution is 2.24. The van der Waals surface area contributed by atoms with Crippen LogP contribution < -0.4 is 5.32 Å². The molecule has 0 unspecified atom stereocenters. The number of carbonyl (C=O) groups excluding carboxylic acids is 1. The fraction of sp³-hybridized carbons (Fsp3) is 0.400. The summed E-state index contributed by atoms with van der Waals surface area (Å²) in [6.07, 6.45) is 0. The molecule has 1 heterocycles. The van der Waals surface area contributed by atoms with Crippen LogP contribution in [0.15, 0.2) is 21.3 Å². The van der Waals surface area contributed by atoms with E-state index in [0.717, 1.165) is 4.60 Å². The first-order valence-electron chi connectivity index (χ1n) is 4.44. The van der Waals surface area contributed by atoms with Gasteiger partial charge >= 0.3 is 0 Å². The fourth-order valence-electron chi connectivity index (χ4n) is 0.815. The number of hydrogen-bond acceptors (Lipinski definition) is 2. The number of nitrogens with zero attached hydrogens (tertiary/aromatic N) is 1. The molecule has 0 fully saturated rings. The molecule has 1 rings (SSSR count). The average Bonchev–Trinajstić information content (AvgIpc) is 2.08. The Bertz CT molecular complexity index is 385. The Morgan fingerprint density at radius 3 is 2.40 bits per heavy atom. The van der Waals surface area contributed by atoms with E-state index < -0.39 is 5.41 Å². The maximum absolute atomic E-state index is 11.7. The van der Waals surface area contributed by atoms with Crippen molar-refractivity contribution in [2.24, 2.45) is 5.41 Å². The summed E-state index contributed by atoms with van der Waals surface area (Å²) in [5, 5.41) is 2.81. The number of carbonyl (C=O) groups is 1. The monoisotopic (exact) mass is 334 g/mol. The molecule has 0 atom stereocenters. The van der Waals surface area contributed by atoms with E-state index in [0.29, 0.717) is 10.3 Å². The second-order valence-electron chi connectivity index (χ2n) is 4.18. The number of rotatable bonds is 1. The number of nitrogens with one attached hydrogen (secondary N) is 1. The standard InChI is InChI=1S/C10H12Br2N2O/c1-10(2,3)9(15)13-6-4-5-7(11)14-8(6)12/h4-5H,1-3H3,(H,13,15). The molecule has 0 aliphatic heterocycles. The first-order valence-corrected chi connectivity index (χ1v) is 6.03. The molecule has 3 nitrogen and oxygen atoms in total. The van der Waals surface area contributed by atoms with Gasteiger partial charge in [0, 0.05) is 5.41 Å². The van der Waals surface area contributed by atoms with Crippen molar-refractivity contribution in [2.45, 2.75) is 20.8 Å². The van der Waals surface area contributed by atoms with E-state index in [1.54, 1.807) is 12.1 Å². The minimum atomic E-state index is -0.410. The Labute approximate surface area is 106 Å². The van der Waals surface area contributed by atoms with Crippen LogP contribution in [0.5, 0.6) is 0 Å². The smallest absolute Gasteiger partial charge is 0.229 e. The Morgan fingerprint density at radius 1 is 1.33 bits per heavy atom. The third-order valence-electron chi connectivity index (χ3n) is 1.74. The number of pyridine rings is 1. The number of aromatic nitrogens is 1. The number of anilines is 1. The summed E-state index contributed by atoms with van der Waals surface area (Å²) in [6, 6.07) is 3.58. The molecule has 0 aromatic carbocycles. The zero-order chi connectivity index (χ0) is 11.6. The highest BCUT2D eigenvalue weighted by molar-refractivity contribution is 9.11. The Morgan fingerprint density at radius 2 is 1.93 bits per heavy atom. The summed E-state index contributed by atoms with van der Waals surface area (Å²) < 4.78 is 1.35. The average molecular weight is 336 g/mol. The van der Waals surface area contributed by atoms with Gasteiger partial charge in [-0.3, -0.25) is 4.79 Å². The van der Waals surface area contributed by atoms with Gasteiger partial charge in [0.15, 0.2) is 0 Å². The number of hydrogen-bond donors (Lipinski definition) is 1. The van der Waals surface area contributed by atoms with Gasteiger partial charge in [-0.1, -0.05) is 20.8 Å². The summed E-state index contributed by atoms with van der Waals surface area (Å²) in [6.45, 7) is 5.59. The van der Waals surface area contributed by atoms with Crippen molar-refractivity contribution in [1.82, 2.24) is 4.98 Å². The number of amides is 1. The first kappa shape index (κ1) is 12.6. The van der Waals surface area contributed by atoms with E-state index in [-0.39, 0.29) is 5.91 Å². The van der Waals surface area contributed by atoms with Gasteiger partial charge in [0.05, 0.1) is 5.69 Å². The van der Waals surface area contributed by atoms with Crippen molar-refractivity contribution in [3.05, 3.63) is 21.3 Å². The van der Waals surface area contributed by atoms with Gasteiger partial charge in [-0.2, -0.15) is 0 Å². The normalized spacial score (nSPS) is 11.3. The predicted molar refractivity (Wildman–Crippen MR) is 67.7 cm³/mol. The lowest BCUT2D eigenvalue weighted by Gasteiger charge is -2.18. The van der Waals surface area contributed by atoms with E-state index in [4.69, 9.17) is 0 Å². The van der Waals surface area contributed by atoms with Gasteiger partial charge < -0.3 is 5.32 Å². The Hall–Kier alpha value is -0.420. The molecule has 1 amide bonds. The molecule has 0 saturated heterocycles. The Balaban J connectivity index is 2.87. The molecular formula is C10H12Br2N2O. The van der Waals surface area contributed by atoms with E-state index in [1.807, 2.05) is 20.8 Å². The van der Waals surface area contributed by atoms with E-state index in [2.05, 4.69) is 42.2 Å². The molecule has 1 aromatic heterocycles. The maximum atomic E-state index is 11.7. The van der Waals surface area contributed by atoms with Crippen molar-refractivity contribution in [3.63, 3.8) is 0 Å². The molecule has 1 N–H and O–H groups in total. The highest BCUT2D eigenvalue weighted by atomic mass is 79.9. The van der Waals surface area contributed by atoms with Crippen molar-refractivity contribution < 1.29 is 4.79 Å². The number of halogens is 2. The maximum Gasteiger partial charge on any atom is 0.229 e. The zero-order valence-corrected chi connectivity index (χ0v) is 11.9. The molecule has 0 saturated carbocycles. The Kier molecular flexibility index (Phi) is 3.89. The van der Waals surface area contributed by atoms with Crippen LogP contribution in [0.1, 0.15) is 20.8 Å². The molecule has 82 valence electrons. The molecule has 15 heavy (non-hydrogen) atoms. The quantitative estimate of drug-likeness (QED) is 0.797.